The van der Waals surface area contributed by atoms with Gasteiger partial charge in [0.15, 0.2) is 6.10 Å². The summed E-state index contributed by atoms with van der Waals surface area (Å²) in [6.45, 7) is 6.30. The van der Waals surface area contributed by atoms with Crippen LogP contribution in [-0.4, -0.2) is 37.2 Å². The summed E-state index contributed by atoms with van der Waals surface area (Å²) in [6, 6.07) is 0. The molecule has 0 aromatic carbocycles. The standard InChI is InChI=1S/C51H84O6/c1-4-7-10-13-16-19-22-24-25-26-27-30-32-35-38-41-44-50(53)56-47-48(46-55-49(52)43-40-37-34-31-28-21-18-15-12-9-6-3)57-51(54)45-42-39-36-33-29-23-20-17-14-11-8-5-2/h7,9-10,12,16,18-19,21,24-25,27,30-31,34,48H,4-6,8,11,13-15,17,20,22-23,26,28-29,32-33,35-47H2,1-3H3/b10-7-,12-9-,19-16-,21-18-,25-24-,30-27-,34-31-. The third kappa shape index (κ3) is 43.6. The highest BCUT2D eigenvalue weighted by molar-refractivity contribution is 5.71. The maximum absolute atomic E-state index is 12.7. The smallest absolute Gasteiger partial charge is 0.306 e. The van der Waals surface area contributed by atoms with Crippen LogP contribution in [0.2, 0.25) is 0 Å². The number of rotatable bonds is 40. The summed E-state index contributed by atoms with van der Waals surface area (Å²) in [5, 5.41) is 0. The third-order valence-corrected chi connectivity index (χ3v) is 9.40. The maximum atomic E-state index is 12.7. The monoisotopic (exact) mass is 793 g/mol. The first-order valence-corrected chi connectivity index (χ1v) is 23.1. The molecule has 1 unspecified atom stereocenters. The highest BCUT2D eigenvalue weighted by atomic mass is 16.6. The van der Waals surface area contributed by atoms with Crippen molar-refractivity contribution in [3.05, 3.63) is 85.1 Å². The van der Waals surface area contributed by atoms with E-state index in [4.69, 9.17) is 14.2 Å². The Morgan fingerprint density at radius 3 is 1.14 bits per heavy atom. The van der Waals surface area contributed by atoms with Gasteiger partial charge in [-0.15, -0.1) is 0 Å². The molecule has 0 heterocycles. The van der Waals surface area contributed by atoms with Gasteiger partial charge < -0.3 is 14.2 Å². The Kier molecular flexibility index (Phi) is 42.6. The second-order valence-corrected chi connectivity index (χ2v) is 14.9. The van der Waals surface area contributed by atoms with Crippen molar-refractivity contribution in [2.75, 3.05) is 13.2 Å². The summed E-state index contributed by atoms with van der Waals surface area (Å²) >= 11 is 0. The van der Waals surface area contributed by atoms with E-state index >= 15 is 0 Å². The molecule has 6 heteroatoms. The topological polar surface area (TPSA) is 78.9 Å². The first-order chi connectivity index (χ1) is 28.0. The summed E-state index contributed by atoms with van der Waals surface area (Å²) in [6.07, 6.45) is 57.2. The molecule has 0 bridgehead atoms. The van der Waals surface area contributed by atoms with Gasteiger partial charge in [-0.1, -0.05) is 183 Å². The highest BCUT2D eigenvalue weighted by Crippen LogP contribution is 2.14. The van der Waals surface area contributed by atoms with Gasteiger partial charge in [0, 0.05) is 19.3 Å². The van der Waals surface area contributed by atoms with E-state index in [1.165, 1.54) is 57.8 Å². The lowest BCUT2D eigenvalue weighted by molar-refractivity contribution is -0.167. The average Bonchev–Trinajstić information content (AvgIpc) is 3.21. The zero-order valence-electron chi connectivity index (χ0n) is 36.8. The Hall–Kier alpha value is -3.41. The van der Waals surface area contributed by atoms with Crippen molar-refractivity contribution in [3.8, 4) is 0 Å². The van der Waals surface area contributed by atoms with Crippen molar-refractivity contribution in [2.45, 2.75) is 207 Å². The SMILES string of the molecule is CC/C=C\C/C=C\C/C=C\C/C=C\CCCCCC(=O)OCC(COC(=O)CCC/C=C\C/C=C\C/C=C\CC)OC(=O)CCCCCCCCCCCCCC. The van der Waals surface area contributed by atoms with Crippen molar-refractivity contribution in [2.24, 2.45) is 0 Å². The Balaban J connectivity index is 4.49. The molecule has 0 saturated carbocycles. The number of allylic oxidation sites excluding steroid dienone is 14. The van der Waals surface area contributed by atoms with Gasteiger partial charge in [0.1, 0.15) is 13.2 Å². The van der Waals surface area contributed by atoms with Gasteiger partial charge >= 0.3 is 17.9 Å². The van der Waals surface area contributed by atoms with Crippen LogP contribution in [0.4, 0.5) is 0 Å². The molecule has 0 N–H and O–H groups in total. The number of ether oxygens (including phenoxy) is 3. The van der Waals surface area contributed by atoms with Crippen LogP contribution in [-0.2, 0) is 28.6 Å². The van der Waals surface area contributed by atoms with Gasteiger partial charge in [-0.2, -0.15) is 0 Å². The molecule has 0 saturated heterocycles. The second kappa shape index (κ2) is 45.3. The molecule has 324 valence electrons. The summed E-state index contributed by atoms with van der Waals surface area (Å²) in [5.41, 5.74) is 0. The van der Waals surface area contributed by atoms with Crippen molar-refractivity contribution in [1.82, 2.24) is 0 Å². The number of hydrogen-bond donors (Lipinski definition) is 0. The number of esters is 3. The lowest BCUT2D eigenvalue weighted by Gasteiger charge is -2.18. The summed E-state index contributed by atoms with van der Waals surface area (Å²) in [5.74, 6) is -0.998. The maximum Gasteiger partial charge on any atom is 0.306 e. The van der Waals surface area contributed by atoms with E-state index in [9.17, 15) is 14.4 Å². The number of hydrogen-bond acceptors (Lipinski definition) is 6. The summed E-state index contributed by atoms with van der Waals surface area (Å²) in [7, 11) is 0. The summed E-state index contributed by atoms with van der Waals surface area (Å²) < 4.78 is 16.6. The van der Waals surface area contributed by atoms with Gasteiger partial charge in [0.25, 0.3) is 0 Å². The van der Waals surface area contributed by atoms with Crippen molar-refractivity contribution >= 4 is 17.9 Å². The van der Waals surface area contributed by atoms with E-state index in [0.717, 1.165) is 96.3 Å². The minimum Gasteiger partial charge on any atom is -0.462 e. The van der Waals surface area contributed by atoms with Gasteiger partial charge in [0.05, 0.1) is 0 Å². The molecule has 0 fully saturated rings. The highest BCUT2D eigenvalue weighted by Gasteiger charge is 2.19. The molecule has 0 aromatic heterocycles. The van der Waals surface area contributed by atoms with Crippen molar-refractivity contribution < 1.29 is 28.6 Å². The van der Waals surface area contributed by atoms with E-state index < -0.39 is 6.10 Å². The normalized spacial score (nSPS) is 12.8. The predicted octanol–water partition coefficient (Wildman–Crippen LogP) is 14.9. The predicted molar refractivity (Wildman–Crippen MR) is 242 cm³/mol. The number of carbonyl (C=O) groups excluding carboxylic acids is 3. The van der Waals surface area contributed by atoms with Crippen LogP contribution in [0.15, 0.2) is 85.1 Å². The molecule has 0 spiro atoms. The van der Waals surface area contributed by atoms with E-state index in [1.54, 1.807) is 0 Å². The van der Waals surface area contributed by atoms with Crippen LogP contribution < -0.4 is 0 Å². The zero-order chi connectivity index (χ0) is 41.5. The first kappa shape index (κ1) is 53.6. The quantitative estimate of drug-likeness (QED) is 0.0266. The molecule has 1 atom stereocenters. The zero-order valence-corrected chi connectivity index (χ0v) is 36.8. The molecule has 0 radical (unpaired) electrons. The Morgan fingerprint density at radius 2 is 0.702 bits per heavy atom. The van der Waals surface area contributed by atoms with Crippen molar-refractivity contribution in [3.63, 3.8) is 0 Å². The molecule has 6 nitrogen and oxygen atoms in total. The van der Waals surface area contributed by atoms with Crippen LogP contribution in [0.5, 0.6) is 0 Å². The number of carbonyl (C=O) groups is 3. The Bertz CT molecular complexity index is 1140. The lowest BCUT2D eigenvalue weighted by atomic mass is 10.0. The largest absolute Gasteiger partial charge is 0.462 e. The molecule has 0 amide bonds. The Labute approximate surface area is 350 Å². The van der Waals surface area contributed by atoms with Crippen molar-refractivity contribution in [1.29, 1.82) is 0 Å². The van der Waals surface area contributed by atoms with Crippen LogP contribution in [0.1, 0.15) is 201 Å². The van der Waals surface area contributed by atoms with E-state index in [0.29, 0.717) is 19.3 Å². The third-order valence-electron chi connectivity index (χ3n) is 9.40. The van der Waals surface area contributed by atoms with Crippen LogP contribution in [0.25, 0.3) is 0 Å². The van der Waals surface area contributed by atoms with Gasteiger partial charge in [-0.25, -0.2) is 0 Å². The molecule has 0 rings (SSSR count). The van der Waals surface area contributed by atoms with Crippen LogP contribution in [0.3, 0.4) is 0 Å². The summed E-state index contributed by atoms with van der Waals surface area (Å²) in [4.78, 5) is 37.7. The second-order valence-electron chi connectivity index (χ2n) is 14.9. The molecule has 0 aliphatic rings. The molecule has 0 aliphatic heterocycles. The minimum atomic E-state index is -0.806. The molecule has 0 aliphatic carbocycles. The molecular formula is C51H84O6. The lowest BCUT2D eigenvalue weighted by Crippen LogP contribution is -2.30. The Morgan fingerprint density at radius 1 is 0.368 bits per heavy atom. The fourth-order valence-electron chi connectivity index (χ4n) is 5.98. The van der Waals surface area contributed by atoms with Crippen LogP contribution >= 0.6 is 0 Å². The van der Waals surface area contributed by atoms with Gasteiger partial charge in [-0.05, 0) is 83.5 Å². The van der Waals surface area contributed by atoms with Gasteiger partial charge in [-0.3, -0.25) is 14.4 Å². The molecule has 57 heavy (non-hydrogen) atoms. The number of unbranched alkanes of at least 4 members (excludes halogenated alkanes) is 15. The van der Waals surface area contributed by atoms with E-state index in [2.05, 4.69) is 106 Å². The van der Waals surface area contributed by atoms with Crippen LogP contribution in [0, 0.1) is 0 Å². The minimum absolute atomic E-state index is 0.108. The fourth-order valence-corrected chi connectivity index (χ4v) is 5.98. The average molecular weight is 793 g/mol. The van der Waals surface area contributed by atoms with E-state index in [1.807, 2.05) is 0 Å². The molecular weight excluding hydrogens is 709 g/mol. The van der Waals surface area contributed by atoms with E-state index in [-0.39, 0.29) is 37.5 Å². The first-order valence-electron chi connectivity index (χ1n) is 23.1. The van der Waals surface area contributed by atoms with Gasteiger partial charge in [0.2, 0.25) is 0 Å². The fraction of sp³-hybridized carbons (Fsp3) is 0.667. The molecule has 0 aromatic rings.